The zero-order chi connectivity index (χ0) is 14.0. The Kier molecular flexibility index (Phi) is 3.53. The van der Waals surface area contributed by atoms with Crippen LogP contribution in [0.3, 0.4) is 0 Å². The first kappa shape index (κ1) is 13.5. The molecule has 0 fully saturated rings. The number of benzene rings is 1. The zero-order valence-electron chi connectivity index (χ0n) is 11.1. The Morgan fingerprint density at radius 1 is 1.42 bits per heavy atom. The van der Waals surface area contributed by atoms with Gasteiger partial charge in [-0.05, 0) is 39.0 Å². The Morgan fingerprint density at radius 3 is 2.79 bits per heavy atom. The predicted molar refractivity (Wildman–Crippen MR) is 68.8 cm³/mol. The van der Waals surface area contributed by atoms with E-state index in [2.05, 4.69) is 10.1 Å². The lowest BCUT2D eigenvalue weighted by Gasteiger charge is -2.19. The number of hydrogen-bond donors (Lipinski definition) is 1. The van der Waals surface area contributed by atoms with Gasteiger partial charge in [-0.3, -0.25) is 0 Å². The fourth-order valence-corrected chi connectivity index (χ4v) is 1.73. The minimum absolute atomic E-state index is 0.250. The molecule has 2 aromatic rings. The Hall–Kier alpha value is -1.95. The summed E-state index contributed by atoms with van der Waals surface area (Å²) in [6, 6.07) is 4.02. The minimum atomic E-state index is -0.648. The smallest absolute Gasteiger partial charge is 0.260 e. The summed E-state index contributed by atoms with van der Waals surface area (Å²) in [5.74, 6) is 0.268. The molecule has 19 heavy (non-hydrogen) atoms. The van der Waals surface area contributed by atoms with E-state index in [1.165, 1.54) is 18.2 Å². The van der Waals surface area contributed by atoms with E-state index < -0.39 is 11.4 Å². The summed E-state index contributed by atoms with van der Waals surface area (Å²) in [6.45, 7) is 6.12. The summed E-state index contributed by atoms with van der Waals surface area (Å²) in [5, 5.41) is 3.89. The van der Waals surface area contributed by atoms with Crippen molar-refractivity contribution in [2.75, 3.05) is 12.3 Å². The number of nitrogens with two attached hydrogens (primary N) is 1. The second kappa shape index (κ2) is 4.97. The van der Waals surface area contributed by atoms with Gasteiger partial charge in [-0.2, -0.15) is 4.98 Å². The maximum Gasteiger partial charge on any atom is 0.260 e. The summed E-state index contributed by atoms with van der Waals surface area (Å²) in [4.78, 5) is 4.26. The van der Waals surface area contributed by atoms with Gasteiger partial charge in [0.25, 0.3) is 5.89 Å². The molecule has 5 nitrogen and oxygen atoms in total. The molecule has 0 aliphatic heterocycles. The molecule has 0 unspecified atom stereocenters. The molecule has 0 spiro atoms. The number of nitrogen functional groups attached to an aromatic ring is 1. The molecule has 0 saturated heterocycles. The standard InChI is InChI=1S/C13H16FN3O2/c1-4-18-13(2,3)12-16-11(19-17-12)9-6-5-8(14)7-10(9)15/h5-7H,4,15H2,1-3H3. The van der Waals surface area contributed by atoms with Crippen LogP contribution in [-0.2, 0) is 10.3 Å². The first-order valence-corrected chi connectivity index (χ1v) is 5.97. The van der Waals surface area contributed by atoms with Gasteiger partial charge >= 0.3 is 0 Å². The van der Waals surface area contributed by atoms with Gasteiger partial charge in [0.1, 0.15) is 11.4 Å². The third-order valence-electron chi connectivity index (χ3n) is 2.71. The largest absolute Gasteiger partial charge is 0.398 e. The van der Waals surface area contributed by atoms with Crippen molar-refractivity contribution >= 4 is 5.69 Å². The molecule has 0 atom stereocenters. The average Bonchev–Trinajstić information content (AvgIpc) is 2.78. The van der Waals surface area contributed by atoms with E-state index >= 15 is 0 Å². The van der Waals surface area contributed by atoms with E-state index in [4.69, 9.17) is 15.0 Å². The van der Waals surface area contributed by atoms with Crippen molar-refractivity contribution < 1.29 is 13.7 Å². The third kappa shape index (κ3) is 2.73. The summed E-state index contributed by atoms with van der Waals surface area (Å²) >= 11 is 0. The SMILES string of the molecule is CCOC(C)(C)c1noc(-c2ccc(F)cc2N)n1. The topological polar surface area (TPSA) is 74.2 Å². The third-order valence-corrected chi connectivity index (χ3v) is 2.71. The Bertz CT molecular complexity index is 581. The average molecular weight is 265 g/mol. The molecule has 0 aliphatic rings. The summed E-state index contributed by atoms with van der Waals surface area (Å²) in [6.07, 6.45) is 0. The van der Waals surface area contributed by atoms with Crippen molar-refractivity contribution in [1.82, 2.24) is 10.1 Å². The molecule has 6 heteroatoms. The Morgan fingerprint density at radius 2 is 2.16 bits per heavy atom. The van der Waals surface area contributed by atoms with Gasteiger partial charge in [-0.25, -0.2) is 4.39 Å². The van der Waals surface area contributed by atoms with Crippen molar-refractivity contribution in [2.24, 2.45) is 0 Å². The second-order valence-corrected chi connectivity index (χ2v) is 4.60. The normalized spacial score (nSPS) is 11.8. The molecule has 0 bridgehead atoms. The molecule has 0 aliphatic carbocycles. The lowest BCUT2D eigenvalue weighted by atomic mass is 10.1. The van der Waals surface area contributed by atoms with Gasteiger partial charge in [-0.1, -0.05) is 5.16 Å². The molecule has 0 saturated carbocycles. The zero-order valence-corrected chi connectivity index (χ0v) is 11.1. The molecule has 2 N–H and O–H groups in total. The number of anilines is 1. The summed E-state index contributed by atoms with van der Waals surface area (Å²) in [7, 11) is 0. The number of nitrogens with zero attached hydrogens (tertiary/aromatic N) is 2. The number of rotatable bonds is 4. The Labute approximate surface area is 110 Å². The molecule has 102 valence electrons. The van der Waals surface area contributed by atoms with E-state index in [0.29, 0.717) is 18.0 Å². The van der Waals surface area contributed by atoms with Crippen molar-refractivity contribution in [3.63, 3.8) is 0 Å². The number of aromatic nitrogens is 2. The highest BCUT2D eigenvalue weighted by Crippen LogP contribution is 2.28. The summed E-state index contributed by atoms with van der Waals surface area (Å²) < 4.78 is 23.7. The van der Waals surface area contributed by atoms with Crippen LogP contribution in [-0.4, -0.2) is 16.7 Å². The quantitative estimate of drug-likeness (QED) is 0.860. The van der Waals surface area contributed by atoms with Crippen LogP contribution in [0.15, 0.2) is 22.7 Å². The molecule has 0 radical (unpaired) electrons. The van der Waals surface area contributed by atoms with Crippen LogP contribution in [0.2, 0.25) is 0 Å². The van der Waals surface area contributed by atoms with Crippen LogP contribution in [0, 0.1) is 5.82 Å². The fourth-order valence-electron chi connectivity index (χ4n) is 1.73. The molecule has 2 rings (SSSR count). The minimum Gasteiger partial charge on any atom is -0.398 e. The highest BCUT2D eigenvalue weighted by molar-refractivity contribution is 5.70. The van der Waals surface area contributed by atoms with E-state index in [1.807, 2.05) is 20.8 Å². The van der Waals surface area contributed by atoms with Crippen molar-refractivity contribution in [2.45, 2.75) is 26.4 Å². The lowest BCUT2D eigenvalue weighted by Crippen LogP contribution is -2.23. The molecule has 1 heterocycles. The maximum atomic E-state index is 13.0. The molecule has 0 amide bonds. The van der Waals surface area contributed by atoms with Crippen LogP contribution in [0.5, 0.6) is 0 Å². The van der Waals surface area contributed by atoms with E-state index in [-0.39, 0.29) is 11.6 Å². The van der Waals surface area contributed by atoms with Gasteiger partial charge in [-0.15, -0.1) is 0 Å². The van der Waals surface area contributed by atoms with Crippen LogP contribution in [0.4, 0.5) is 10.1 Å². The second-order valence-electron chi connectivity index (χ2n) is 4.60. The van der Waals surface area contributed by atoms with Gasteiger partial charge in [0, 0.05) is 12.3 Å². The Balaban J connectivity index is 2.35. The van der Waals surface area contributed by atoms with Gasteiger partial charge < -0.3 is 15.0 Å². The maximum absolute atomic E-state index is 13.0. The van der Waals surface area contributed by atoms with Gasteiger partial charge in [0.05, 0.1) is 5.56 Å². The van der Waals surface area contributed by atoms with Crippen LogP contribution in [0.1, 0.15) is 26.6 Å². The molecular weight excluding hydrogens is 249 g/mol. The molecular formula is C13H16FN3O2. The highest BCUT2D eigenvalue weighted by atomic mass is 19.1. The molecule has 1 aromatic carbocycles. The van der Waals surface area contributed by atoms with Crippen molar-refractivity contribution in [3.05, 3.63) is 29.8 Å². The monoisotopic (exact) mass is 265 g/mol. The van der Waals surface area contributed by atoms with Gasteiger partial charge in [0.15, 0.2) is 0 Å². The number of halogens is 1. The number of hydrogen-bond acceptors (Lipinski definition) is 5. The van der Waals surface area contributed by atoms with Crippen molar-refractivity contribution in [3.8, 4) is 11.5 Å². The van der Waals surface area contributed by atoms with Gasteiger partial charge in [0.2, 0.25) is 5.82 Å². The number of ether oxygens (including phenoxy) is 1. The fraction of sp³-hybridized carbons (Fsp3) is 0.385. The van der Waals surface area contributed by atoms with Crippen LogP contribution >= 0.6 is 0 Å². The highest BCUT2D eigenvalue weighted by Gasteiger charge is 2.27. The van der Waals surface area contributed by atoms with E-state index in [1.54, 1.807) is 0 Å². The van der Waals surface area contributed by atoms with Crippen molar-refractivity contribution in [1.29, 1.82) is 0 Å². The first-order chi connectivity index (χ1) is 8.94. The van der Waals surface area contributed by atoms with Crippen LogP contribution in [0.25, 0.3) is 11.5 Å². The lowest BCUT2D eigenvalue weighted by molar-refractivity contribution is -0.0221. The first-order valence-electron chi connectivity index (χ1n) is 5.97. The predicted octanol–water partition coefficient (Wildman–Crippen LogP) is 2.73. The summed E-state index contributed by atoms with van der Waals surface area (Å²) in [5.41, 5.74) is 5.84. The molecule has 1 aromatic heterocycles. The van der Waals surface area contributed by atoms with E-state index in [9.17, 15) is 4.39 Å². The van der Waals surface area contributed by atoms with E-state index in [0.717, 1.165) is 0 Å². The van der Waals surface area contributed by atoms with Crippen LogP contribution < -0.4 is 5.73 Å².